The first kappa shape index (κ1) is 21.9. The number of nitrogens with zero attached hydrogens (tertiary/aromatic N) is 6. The minimum absolute atomic E-state index is 0.114. The number of methoxy groups -OCH3 is 2. The molecule has 1 aliphatic carbocycles. The Morgan fingerprint density at radius 1 is 1.09 bits per heavy atom. The summed E-state index contributed by atoms with van der Waals surface area (Å²) < 4.78 is 41.0. The molecule has 0 aliphatic heterocycles. The normalized spacial score (nSPS) is 15.8. The fourth-order valence-electron chi connectivity index (χ4n) is 3.23. The molecule has 2 atom stereocenters. The summed E-state index contributed by atoms with van der Waals surface area (Å²) >= 11 is 0. The molecule has 2 unspecified atom stereocenters. The second kappa shape index (κ2) is 8.69. The van der Waals surface area contributed by atoms with Gasteiger partial charge in [0, 0.05) is 18.0 Å². The van der Waals surface area contributed by atoms with E-state index in [1.165, 1.54) is 26.6 Å². The van der Waals surface area contributed by atoms with Crippen molar-refractivity contribution in [2.75, 3.05) is 18.9 Å². The number of rotatable bonds is 9. The van der Waals surface area contributed by atoms with E-state index in [2.05, 4.69) is 29.9 Å². The molecule has 0 amide bonds. The van der Waals surface area contributed by atoms with Crippen LogP contribution in [0.3, 0.4) is 0 Å². The van der Waals surface area contributed by atoms with Crippen LogP contribution in [0.5, 0.6) is 11.6 Å². The first-order chi connectivity index (χ1) is 15.3. The number of pyridine rings is 1. The van der Waals surface area contributed by atoms with Crippen molar-refractivity contribution in [1.29, 1.82) is 0 Å². The number of hydrogen-bond acceptors (Lipinski definition) is 9. The highest BCUT2D eigenvalue weighted by Crippen LogP contribution is 2.40. The summed E-state index contributed by atoms with van der Waals surface area (Å²) in [6.07, 6.45) is 4.86. The SMILES string of the molecule is COc1cnc(C(C)C(C)S(=O)(=O)Nc2nnc(-c3cccc(OC)n3)n2C2CC2)nc1. The predicted octanol–water partition coefficient (Wildman–Crippen LogP) is 2.42. The molecule has 1 aliphatic rings. The third-order valence-corrected chi connectivity index (χ3v) is 7.34. The van der Waals surface area contributed by atoms with Crippen molar-refractivity contribution in [2.45, 2.75) is 43.9 Å². The molecule has 32 heavy (non-hydrogen) atoms. The quantitative estimate of drug-likeness (QED) is 0.512. The molecule has 0 radical (unpaired) electrons. The van der Waals surface area contributed by atoms with Crippen LogP contribution in [0.15, 0.2) is 30.6 Å². The fourth-order valence-corrected chi connectivity index (χ4v) is 4.47. The Balaban J connectivity index is 1.60. The van der Waals surface area contributed by atoms with Crippen LogP contribution in [-0.2, 0) is 10.0 Å². The van der Waals surface area contributed by atoms with Crippen molar-refractivity contribution in [2.24, 2.45) is 0 Å². The van der Waals surface area contributed by atoms with E-state index in [-0.39, 0.29) is 12.0 Å². The van der Waals surface area contributed by atoms with E-state index in [1.807, 2.05) is 0 Å². The second-order valence-corrected chi connectivity index (χ2v) is 9.67. The molecule has 11 nitrogen and oxygen atoms in total. The van der Waals surface area contributed by atoms with Gasteiger partial charge in [0.1, 0.15) is 11.5 Å². The number of hydrogen-bond donors (Lipinski definition) is 1. The first-order valence-electron chi connectivity index (χ1n) is 10.2. The zero-order valence-corrected chi connectivity index (χ0v) is 19.1. The molecule has 1 saturated carbocycles. The Morgan fingerprint density at radius 3 is 2.44 bits per heavy atom. The van der Waals surface area contributed by atoms with E-state index in [0.29, 0.717) is 29.0 Å². The molecular formula is C20H25N7O4S. The fraction of sp³-hybridized carbons (Fsp3) is 0.450. The molecule has 0 bridgehead atoms. The van der Waals surface area contributed by atoms with Crippen LogP contribution in [0.4, 0.5) is 5.95 Å². The average molecular weight is 460 g/mol. The zero-order valence-electron chi connectivity index (χ0n) is 18.3. The van der Waals surface area contributed by atoms with Crippen LogP contribution in [0.1, 0.15) is 44.5 Å². The summed E-state index contributed by atoms with van der Waals surface area (Å²) in [5.41, 5.74) is 0.558. The number of sulfonamides is 1. The molecule has 4 rings (SSSR count). The lowest BCUT2D eigenvalue weighted by molar-refractivity contribution is 0.398. The van der Waals surface area contributed by atoms with Crippen LogP contribution < -0.4 is 14.2 Å². The largest absolute Gasteiger partial charge is 0.494 e. The maximum Gasteiger partial charge on any atom is 0.238 e. The Morgan fingerprint density at radius 2 is 1.81 bits per heavy atom. The van der Waals surface area contributed by atoms with Crippen molar-refractivity contribution in [3.05, 3.63) is 36.4 Å². The van der Waals surface area contributed by atoms with Gasteiger partial charge in [-0.3, -0.25) is 9.29 Å². The smallest absolute Gasteiger partial charge is 0.238 e. The van der Waals surface area contributed by atoms with E-state index in [4.69, 9.17) is 9.47 Å². The predicted molar refractivity (Wildman–Crippen MR) is 117 cm³/mol. The summed E-state index contributed by atoms with van der Waals surface area (Å²) in [6.45, 7) is 3.38. The second-order valence-electron chi connectivity index (χ2n) is 7.64. The van der Waals surface area contributed by atoms with E-state index in [9.17, 15) is 8.42 Å². The van der Waals surface area contributed by atoms with Gasteiger partial charge in [-0.2, -0.15) is 0 Å². The van der Waals surface area contributed by atoms with Crippen molar-refractivity contribution in [3.63, 3.8) is 0 Å². The molecule has 12 heteroatoms. The Labute approximate surface area is 186 Å². The highest BCUT2D eigenvalue weighted by Gasteiger charge is 2.35. The summed E-state index contributed by atoms with van der Waals surface area (Å²) in [7, 11) is -0.764. The van der Waals surface area contributed by atoms with Gasteiger partial charge in [0.05, 0.1) is 31.9 Å². The third-order valence-electron chi connectivity index (χ3n) is 5.49. The van der Waals surface area contributed by atoms with Crippen molar-refractivity contribution in [1.82, 2.24) is 29.7 Å². The minimum Gasteiger partial charge on any atom is -0.494 e. The standard InChI is InChI=1S/C20H25N7O4S/c1-12(18-21-10-15(30-3)11-22-18)13(2)32(28,29)26-20-25-24-19(27(20)14-8-9-14)16-6-5-7-17(23-16)31-4/h5-7,10-14H,8-9H2,1-4H3,(H,25,26). The molecule has 1 fully saturated rings. The number of aromatic nitrogens is 6. The highest BCUT2D eigenvalue weighted by atomic mass is 32.2. The van der Waals surface area contributed by atoms with Gasteiger partial charge < -0.3 is 9.47 Å². The molecule has 3 heterocycles. The van der Waals surface area contributed by atoms with E-state index in [0.717, 1.165) is 12.8 Å². The Hall–Kier alpha value is -3.28. The van der Waals surface area contributed by atoms with E-state index in [1.54, 1.807) is 36.6 Å². The van der Waals surface area contributed by atoms with Crippen LogP contribution in [0.25, 0.3) is 11.5 Å². The number of nitrogens with one attached hydrogen (secondary N) is 1. The van der Waals surface area contributed by atoms with Crippen LogP contribution >= 0.6 is 0 Å². The summed E-state index contributed by atoms with van der Waals surface area (Å²) in [5.74, 6) is 1.55. The summed E-state index contributed by atoms with van der Waals surface area (Å²) in [5, 5.41) is 7.52. The van der Waals surface area contributed by atoms with Gasteiger partial charge in [-0.05, 0) is 25.8 Å². The van der Waals surface area contributed by atoms with Gasteiger partial charge in [-0.15, -0.1) is 10.2 Å². The van der Waals surface area contributed by atoms with Gasteiger partial charge in [0.15, 0.2) is 11.6 Å². The summed E-state index contributed by atoms with van der Waals surface area (Å²) in [6, 6.07) is 5.43. The molecule has 0 spiro atoms. The van der Waals surface area contributed by atoms with Crippen LogP contribution in [-0.4, -0.2) is 57.6 Å². The van der Waals surface area contributed by atoms with E-state index >= 15 is 0 Å². The molecular weight excluding hydrogens is 434 g/mol. The van der Waals surface area contributed by atoms with Gasteiger partial charge in [0.25, 0.3) is 0 Å². The van der Waals surface area contributed by atoms with Gasteiger partial charge in [-0.25, -0.2) is 23.4 Å². The van der Waals surface area contributed by atoms with Gasteiger partial charge in [0.2, 0.25) is 21.9 Å². The lowest BCUT2D eigenvalue weighted by atomic mass is 10.1. The van der Waals surface area contributed by atoms with Crippen molar-refractivity contribution < 1.29 is 17.9 Å². The molecule has 1 N–H and O–H groups in total. The molecule has 170 valence electrons. The lowest BCUT2D eigenvalue weighted by Gasteiger charge is -2.20. The third kappa shape index (κ3) is 4.35. The maximum absolute atomic E-state index is 13.2. The van der Waals surface area contributed by atoms with Crippen molar-refractivity contribution >= 4 is 16.0 Å². The monoisotopic (exact) mass is 459 g/mol. The molecule has 3 aromatic rings. The topological polar surface area (TPSA) is 134 Å². The van der Waals surface area contributed by atoms with Crippen molar-refractivity contribution in [3.8, 4) is 23.1 Å². The number of anilines is 1. The van der Waals surface area contributed by atoms with Crippen LogP contribution in [0, 0.1) is 0 Å². The lowest BCUT2D eigenvalue weighted by Crippen LogP contribution is -2.31. The molecule has 0 saturated heterocycles. The zero-order chi connectivity index (χ0) is 22.9. The molecule has 0 aromatic carbocycles. The van der Waals surface area contributed by atoms with Gasteiger partial charge in [-0.1, -0.05) is 13.0 Å². The summed E-state index contributed by atoms with van der Waals surface area (Å²) in [4.78, 5) is 12.9. The Kier molecular flexibility index (Phi) is 5.96. The Bertz CT molecular complexity index is 1190. The average Bonchev–Trinajstić information content (AvgIpc) is 3.57. The first-order valence-corrected chi connectivity index (χ1v) is 11.7. The minimum atomic E-state index is -3.82. The maximum atomic E-state index is 13.2. The van der Waals surface area contributed by atoms with E-state index < -0.39 is 21.2 Å². The molecule has 3 aromatic heterocycles. The van der Waals surface area contributed by atoms with Crippen LogP contribution in [0.2, 0.25) is 0 Å². The number of ether oxygens (including phenoxy) is 2. The van der Waals surface area contributed by atoms with Gasteiger partial charge >= 0.3 is 0 Å². The highest BCUT2D eigenvalue weighted by molar-refractivity contribution is 7.93.